The number of ether oxygens (including phenoxy) is 2. The Balaban J connectivity index is 1.75. The summed E-state index contributed by atoms with van der Waals surface area (Å²) < 4.78 is 12.4. The average Bonchev–Trinajstić information content (AvgIpc) is 2.48. The van der Waals surface area contributed by atoms with Gasteiger partial charge in [0.2, 0.25) is 0 Å². The van der Waals surface area contributed by atoms with Crippen molar-refractivity contribution in [3.63, 3.8) is 0 Å². The van der Waals surface area contributed by atoms with Crippen LogP contribution in [0.2, 0.25) is 0 Å². The monoisotopic (exact) mass is 296 g/mol. The van der Waals surface area contributed by atoms with Crippen LogP contribution < -0.4 is 11.3 Å². The van der Waals surface area contributed by atoms with Crippen LogP contribution in [0, 0.1) is 5.92 Å². The minimum Gasteiger partial charge on any atom is -0.375 e. The van der Waals surface area contributed by atoms with Gasteiger partial charge in [0.15, 0.2) is 0 Å². The summed E-state index contributed by atoms with van der Waals surface area (Å²) in [4.78, 5) is 0. The molecule has 0 radical (unpaired) electrons. The van der Waals surface area contributed by atoms with E-state index in [1.807, 2.05) is 0 Å². The van der Waals surface area contributed by atoms with Crippen LogP contribution in [0.5, 0.6) is 0 Å². The van der Waals surface area contributed by atoms with Gasteiger partial charge in [-0.25, -0.2) is 0 Å². The molecule has 1 aliphatic heterocycles. The summed E-state index contributed by atoms with van der Waals surface area (Å²) in [5.74, 6) is 6.62. The molecule has 3 rings (SSSR count). The molecule has 0 aromatic heterocycles. The number of hydrogen-bond acceptors (Lipinski definition) is 4. The molecule has 2 unspecified atom stereocenters. The maximum Gasteiger partial charge on any atom is 0.0850 e. The third-order valence-corrected chi connectivity index (χ3v) is 6.15. The molecule has 21 heavy (non-hydrogen) atoms. The highest BCUT2D eigenvalue weighted by atomic mass is 16.5. The lowest BCUT2D eigenvalue weighted by Crippen LogP contribution is -2.62. The molecule has 3 fully saturated rings. The Morgan fingerprint density at radius 1 is 1.19 bits per heavy atom. The zero-order valence-corrected chi connectivity index (χ0v) is 13.5. The van der Waals surface area contributed by atoms with E-state index in [-0.39, 0.29) is 17.2 Å². The van der Waals surface area contributed by atoms with E-state index in [0.717, 1.165) is 38.9 Å². The van der Waals surface area contributed by atoms with E-state index in [0.29, 0.717) is 5.92 Å². The van der Waals surface area contributed by atoms with Crippen LogP contribution in [-0.4, -0.2) is 30.5 Å². The van der Waals surface area contributed by atoms with Crippen molar-refractivity contribution in [2.75, 3.05) is 13.2 Å². The number of nitrogens with one attached hydrogen (secondary N) is 1. The van der Waals surface area contributed by atoms with Crippen LogP contribution in [0.3, 0.4) is 0 Å². The van der Waals surface area contributed by atoms with Crippen LogP contribution in [-0.2, 0) is 9.47 Å². The predicted molar refractivity (Wildman–Crippen MR) is 83.8 cm³/mol. The first-order valence-corrected chi connectivity index (χ1v) is 8.98. The zero-order chi connectivity index (χ0) is 14.8. The summed E-state index contributed by atoms with van der Waals surface area (Å²) >= 11 is 0. The smallest absolute Gasteiger partial charge is 0.0850 e. The van der Waals surface area contributed by atoms with Crippen LogP contribution in [0.1, 0.15) is 71.1 Å². The van der Waals surface area contributed by atoms with Gasteiger partial charge in [0.1, 0.15) is 0 Å². The van der Waals surface area contributed by atoms with Gasteiger partial charge in [0.05, 0.1) is 17.2 Å². The third kappa shape index (κ3) is 3.00. The fourth-order valence-corrected chi connectivity index (χ4v) is 4.97. The second-order valence-electron chi connectivity index (χ2n) is 7.34. The Kier molecular flexibility index (Phi) is 4.89. The number of hydrazine groups is 1. The van der Waals surface area contributed by atoms with E-state index in [9.17, 15) is 0 Å². The lowest BCUT2D eigenvalue weighted by Gasteiger charge is -2.52. The first-order valence-electron chi connectivity index (χ1n) is 8.98. The molecule has 2 saturated carbocycles. The number of rotatable bonds is 5. The molecule has 1 spiro atoms. The topological polar surface area (TPSA) is 56.5 Å². The van der Waals surface area contributed by atoms with Crippen molar-refractivity contribution in [1.82, 2.24) is 5.43 Å². The number of hydrogen-bond donors (Lipinski definition) is 2. The van der Waals surface area contributed by atoms with E-state index in [2.05, 4.69) is 12.3 Å². The molecule has 0 aromatic rings. The zero-order valence-electron chi connectivity index (χ0n) is 13.5. The SMILES string of the molecule is CCOC1(C(NN)C2CCOC3(CCC3)C2)CCCCC1. The highest BCUT2D eigenvalue weighted by Gasteiger charge is 2.50. The van der Waals surface area contributed by atoms with E-state index >= 15 is 0 Å². The van der Waals surface area contributed by atoms with Crippen molar-refractivity contribution in [1.29, 1.82) is 0 Å². The molecule has 4 nitrogen and oxygen atoms in total. The van der Waals surface area contributed by atoms with Gasteiger partial charge in [-0.05, 0) is 57.8 Å². The number of nitrogens with two attached hydrogens (primary N) is 1. The van der Waals surface area contributed by atoms with Crippen molar-refractivity contribution in [3.05, 3.63) is 0 Å². The van der Waals surface area contributed by atoms with Crippen molar-refractivity contribution in [2.24, 2.45) is 11.8 Å². The first-order chi connectivity index (χ1) is 10.2. The molecule has 0 amide bonds. The molecule has 2 aliphatic carbocycles. The van der Waals surface area contributed by atoms with Gasteiger partial charge in [-0.15, -0.1) is 0 Å². The van der Waals surface area contributed by atoms with Gasteiger partial charge in [-0.2, -0.15) is 0 Å². The molecule has 1 saturated heterocycles. The van der Waals surface area contributed by atoms with Gasteiger partial charge < -0.3 is 9.47 Å². The van der Waals surface area contributed by atoms with Gasteiger partial charge in [-0.1, -0.05) is 19.3 Å². The fraction of sp³-hybridized carbons (Fsp3) is 1.00. The predicted octanol–water partition coefficient (Wildman–Crippen LogP) is 2.91. The molecule has 2 atom stereocenters. The van der Waals surface area contributed by atoms with Crippen molar-refractivity contribution in [3.8, 4) is 0 Å². The lowest BCUT2D eigenvalue weighted by molar-refractivity contribution is -0.168. The van der Waals surface area contributed by atoms with E-state index in [1.54, 1.807) is 0 Å². The maximum atomic E-state index is 6.31. The van der Waals surface area contributed by atoms with Gasteiger partial charge in [0.25, 0.3) is 0 Å². The Bertz CT molecular complexity index is 332. The molecule has 4 heteroatoms. The van der Waals surface area contributed by atoms with Crippen LogP contribution in [0.15, 0.2) is 0 Å². The summed E-state index contributed by atoms with van der Waals surface area (Å²) in [7, 11) is 0. The van der Waals surface area contributed by atoms with Gasteiger partial charge >= 0.3 is 0 Å². The molecule has 3 aliphatic rings. The van der Waals surface area contributed by atoms with E-state index < -0.39 is 0 Å². The highest BCUT2D eigenvalue weighted by molar-refractivity contribution is 5.03. The molecule has 0 aromatic carbocycles. The molecule has 122 valence electrons. The summed E-state index contributed by atoms with van der Waals surface area (Å²) in [5.41, 5.74) is 3.31. The second kappa shape index (κ2) is 6.53. The maximum absolute atomic E-state index is 6.31. The molecule has 0 bridgehead atoms. The van der Waals surface area contributed by atoms with Crippen LogP contribution in [0.25, 0.3) is 0 Å². The average molecular weight is 296 g/mol. The molecular weight excluding hydrogens is 264 g/mol. The summed E-state index contributed by atoms with van der Waals surface area (Å²) in [5, 5.41) is 0. The molecular formula is C17H32N2O2. The van der Waals surface area contributed by atoms with Crippen molar-refractivity contribution >= 4 is 0 Å². The Morgan fingerprint density at radius 2 is 1.95 bits per heavy atom. The van der Waals surface area contributed by atoms with E-state index in [4.69, 9.17) is 15.3 Å². The molecule has 1 heterocycles. The largest absolute Gasteiger partial charge is 0.375 e. The summed E-state index contributed by atoms with van der Waals surface area (Å²) in [6.45, 7) is 3.79. The minimum absolute atomic E-state index is 0.0469. The molecule has 3 N–H and O–H groups in total. The lowest BCUT2D eigenvalue weighted by atomic mass is 9.66. The fourth-order valence-electron chi connectivity index (χ4n) is 4.97. The Hall–Kier alpha value is -0.160. The summed E-state index contributed by atoms with van der Waals surface area (Å²) in [6.07, 6.45) is 12.3. The van der Waals surface area contributed by atoms with Gasteiger partial charge in [-0.3, -0.25) is 11.3 Å². The van der Waals surface area contributed by atoms with Crippen molar-refractivity contribution in [2.45, 2.75) is 88.4 Å². The van der Waals surface area contributed by atoms with Gasteiger partial charge in [0, 0.05) is 13.2 Å². The Morgan fingerprint density at radius 3 is 2.52 bits per heavy atom. The second-order valence-corrected chi connectivity index (χ2v) is 7.34. The van der Waals surface area contributed by atoms with Crippen LogP contribution in [0.4, 0.5) is 0 Å². The van der Waals surface area contributed by atoms with E-state index in [1.165, 1.54) is 38.5 Å². The van der Waals surface area contributed by atoms with Crippen LogP contribution >= 0.6 is 0 Å². The first kappa shape index (κ1) is 15.7. The summed E-state index contributed by atoms with van der Waals surface area (Å²) in [6, 6.07) is 0.277. The van der Waals surface area contributed by atoms with Crippen molar-refractivity contribution < 1.29 is 9.47 Å². The Labute approximate surface area is 129 Å². The quantitative estimate of drug-likeness (QED) is 0.605. The standard InChI is InChI=1S/C17H32N2O2/c1-2-20-17(10-4-3-5-11-17)15(19-18)14-7-12-21-16(13-14)8-6-9-16/h14-15,19H,2-13,18H2,1H3. The minimum atomic E-state index is -0.0469. The highest BCUT2D eigenvalue weighted by Crippen LogP contribution is 2.48. The third-order valence-electron chi connectivity index (χ3n) is 6.15. The normalized spacial score (nSPS) is 32.6.